The van der Waals surface area contributed by atoms with E-state index in [0.717, 1.165) is 29.7 Å². The van der Waals surface area contributed by atoms with Crippen molar-refractivity contribution in [3.8, 4) is 11.5 Å². The van der Waals surface area contributed by atoms with Crippen LogP contribution in [-0.2, 0) is 26.3 Å². The zero-order chi connectivity index (χ0) is 21.4. The number of carbonyl (C=O) groups excluding carboxylic acids is 2. The van der Waals surface area contributed by atoms with Crippen LogP contribution in [-0.4, -0.2) is 45.8 Å². The number of carbonyl (C=O) groups is 2. The molecule has 30 heavy (non-hydrogen) atoms. The first kappa shape index (κ1) is 21.6. The monoisotopic (exact) mass is 412 g/mol. The Morgan fingerprint density at radius 2 is 1.50 bits per heavy atom. The van der Waals surface area contributed by atoms with Gasteiger partial charge in [0.05, 0.1) is 14.2 Å². The van der Waals surface area contributed by atoms with Crippen LogP contribution in [0.4, 0.5) is 0 Å². The van der Waals surface area contributed by atoms with E-state index in [0.29, 0.717) is 25.5 Å². The number of nitrogens with one attached hydrogen (secondary N) is 2. The van der Waals surface area contributed by atoms with Gasteiger partial charge in [-0.1, -0.05) is 36.4 Å². The molecule has 1 aliphatic heterocycles. The predicted octanol–water partition coefficient (Wildman–Crippen LogP) is 2.18. The number of hydrogen-bond acceptors (Lipinski definition) is 5. The maximum Gasteiger partial charge on any atom is 0.309 e. The van der Waals surface area contributed by atoms with E-state index >= 15 is 0 Å². The maximum atomic E-state index is 12.5. The summed E-state index contributed by atoms with van der Waals surface area (Å²) in [4.78, 5) is 24.8. The molecule has 1 fully saturated rings. The summed E-state index contributed by atoms with van der Waals surface area (Å²) >= 11 is 0. The van der Waals surface area contributed by atoms with Gasteiger partial charge >= 0.3 is 11.8 Å². The average Bonchev–Trinajstić information content (AvgIpc) is 2.81. The lowest BCUT2D eigenvalue weighted by molar-refractivity contribution is -0.139. The van der Waals surface area contributed by atoms with Crippen LogP contribution < -0.4 is 20.1 Å². The molecule has 1 saturated heterocycles. The molecule has 0 atom stereocenters. The van der Waals surface area contributed by atoms with Crippen molar-refractivity contribution in [3.05, 3.63) is 59.7 Å². The highest BCUT2D eigenvalue weighted by Crippen LogP contribution is 2.39. The van der Waals surface area contributed by atoms with Crippen LogP contribution in [0.1, 0.15) is 24.0 Å². The van der Waals surface area contributed by atoms with Crippen LogP contribution in [0, 0.1) is 0 Å². The summed E-state index contributed by atoms with van der Waals surface area (Å²) < 4.78 is 16.4. The smallest absolute Gasteiger partial charge is 0.309 e. The summed E-state index contributed by atoms with van der Waals surface area (Å²) in [5, 5.41) is 5.47. The summed E-state index contributed by atoms with van der Waals surface area (Å²) in [6, 6.07) is 15.1. The molecule has 7 heteroatoms. The van der Waals surface area contributed by atoms with Crippen molar-refractivity contribution in [2.75, 3.05) is 34.0 Å². The minimum Gasteiger partial charge on any atom is -0.496 e. The lowest BCUT2D eigenvalue weighted by atomic mass is 9.73. The van der Waals surface area contributed by atoms with Crippen LogP contribution in [0.25, 0.3) is 0 Å². The highest BCUT2D eigenvalue weighted by molar-refractivity contribution is 6.35. The van der Waals surface area contributed by atoms with E-state index in [1.54, 1.807) is 14.2 Å². The van der Waals surface area contributed by atoms with Gasteiger partial charge < -0.3 is 24.8 Å². The Morgan fingerprint density at radius 1 is 0.900 bits per heavy atom. The van der Waals surface area contributed by atoms with E-state index < -0.39 is 11.8 Å². The minimum absolute atomic E-state index is 0.210. The largest absolute Gasteiger partial charge is 0.496 e. The van der Waals surface area contributed by atoms with Gasteiger partial charge in [0.15, 0.2) is 0 Å². The second kappa shape index (κ2) is 10.1. The van der Waals surface area contributed by atoms with E-state index in [1.807, 2.05) is 48.5 Å². The van der Waals surface area contributed by atoms with Crippen molar-refractivity contribution < 1.29 is 23.8 Å². The molecule has 2 N–H and O–H groups in total. The second-order valence-electron chi connectivity index (χ2n) is 7.27. The summed E-state index contributed by atoms with van der Waals surface area (Å²) in [5.41, 5.74) is 1.48. The van der Waals surface area contributed by atoms with Crippen molar-refractivity contribution in [1.29, 1.82) is 0 Å². The predicted molar refractivity (Wildman–Crippen MR) is 113 cm³/mol. The topological polar surface area (TPSA) is 85.9 Å². The minimum atomic E-state index is -0.678. The Hall–Kier alpha value is -3.06. The second-order valence-corrected chi connectivity index (χ2v) is 7.27. The first-order valence-electron chi connectivity index (χ1n) is 9.99. The molecule has 0 unspecified atom stereocenters. The Labute approximate surface area is 176 Å². The molecule has 3 rings (SSSR count). The Bertz CT molecular complexity index is 877. The van der Waals surface area contributed by atoms with Crippen molar-refractivity contribution in [2.24, 2.45) is 0 Å². The van der Waals surface area contributed by atoms with Crippen molar-refractivity contribution in [2.45, 2.75) is 24.8 Å². The Balaban J connectivity index is 1.65. The standard InChI is InChI=1S/C23H28N2O5/c1-28-19-9-5-3-7-17(19)15-24-21(26)22(27)25-16-23(11-13-30-14-12-23)18-8-4-6-10-20(18)29-2/h3-10H,11-16H2,1-2H3,(H,24,26)(H,25,27). The van der Waals surface area contributed by atoms with Crippen LogP contribution in [0.5, 0.6) is 11.5 Å². The molecule has 160 valence electrons. The third kappa shape index (κ3) is 4.91. The first-order valence-corrected chi connectivity index (χ1v) is 9.99. The summed E-state index contributed by atoms with van der Waals surface area (Å²) in [7, 11) is 3.20. The lowest BCUT2D eigenvalue weighted by Gasteiger charge is -2.38. The molecule has 0 aliphatic carbocycles. The zero-order valence-corrected chi connectivity index (χ0v) is 17.4. The molecule has 0 spiro atoms. The molecule has 2 aromatic rings. The molecule has 0 radical (unpaired) electrons. The van der Waals surface area contributed by atoms with Crippen molar-refractivity contribution in [1.82, 2.24) is 10.6 Å². The lowest BCUT2D eigenvalue weighted by Crippen LogP contribution is -2.48. The highest BCUT2D eigenvalue weighted by atomic mass is 16.5. The van der Waals surface area contributed by atoms with Crippen LogP contribution in [0.3, 0.4) is 0 Å². The summed E-state index contributed by atoms with van der Waals surface area (Å²) in [6.07, 6.45) is 1.47. The van der Waals surface area contributed by atoms with Crippen LogP contribution in [0.2, 0.25) is 0 Å². The van der Waals surface area contributed by atoms with Crippen molar-refractivity contribution in [3.63, 3.8) is 0 Å². The quantitative estimate of drug-likeness (QED) is 0.681. The number of para-hydroxylation sites is 2. The van der Waals surface area contributed by atoms with E-state index in [9.17, 15) is 9.59 Å². The Morgan fingerprint density at radius 3 is 2.20 bits per heavy atom. The van der Waals surface area contributed by atoms with Gasteiger partial charge in [0.2, 0.25) is 0 Å². The number of benzene rings is 2. The van der Waals surface area contributed by atoms with Crippen LogP contribution in [0.15, 0.2) is 48.5 Å². The number of rotatable bonds is 7. The fourth-order valence-corrected chi connectivity index (χ4v) is 3.82. The third-order valence-corrected chi connectivity index (χ3v) is 5.55. The molecule has 0 saturated carbocycles. The van der Waals surface area contributed by atoms with E-state index in [2.05, 4.69) is 10.6 Å². The zero-order valence-electron chi connectivity index (χ0n) is 17.4. The normalized spacial score (nSPS) is 15.1. The average molecular weight is 412 g/mol. The molecule has 1 heterocycles. The van der Waals surface area contributed by atoms with E-state index in [4.69, 9.17) is 14.2 Å². The molecular formula is C23H28N2O5. The van der Waals surface area contributed by atoms with Gasteiger partial charge in [-0.05, 0) is 25.0 Å². The third-order valence-electron chi connectivity index (χ3n) is 5.55. The first-order chi connectivity index (χ1) is 14.6. The van der Waals surface area contributed by atoms with Gasteiger partial charge in [0, 0.05) is 42.8 Å². The molecule has 1 aliphatic rings. The summed E-state index contributed by atoms with van der Waals surface area (Å²) in [6.45, 7) is 1.72. The molecular weight excluding hydrogens is 384 g/mol. The molecule has 7 nitrogen and oxygen atoms in total. The SMILES string of the molecule is COc1ccccc1CNC(=O)C(=O)NCC1(c2ccccc2OC)CCOCC1. The maximum absolute atomic E-state index is 12.5. The fourth-order valence-electron chi connectivity index (χ4n) is 3.82. The van der Waals surface area contributed by atoms with Gasteiger partial charge in [-0.15, -0.1) is 0 Å². The number of hydrogen-bond donors (Lipinski definition) is 2. The van der Waals surface area contributed by atoms with E-state index in [-0.39, 0.29) is 12.0 Å². The molecule has 2 aromatic carbocycles. The van der Waals surface area contributed by atoms with Crippen LogP contribution >= 0.6 is 0 Å². The molecule has 2 amide bonds. The number of methoxy groups -OCH3 is 2. The molecule has 0 aromatic heterocycles. The van der Waals surface area contributed by atoms with Gasteiger partial charge in [0.1, 0.15) is 11.5 Å². The number of amides is 2. The number of ether oxygens (including phenoxy) is 3. The molecule has 0 bridgehead atoms. The van der Waals surface area contributed by atoms with E-state index in [1.165, 1.54) is 0 Å². The highest BCUT2D eigenvalue weighted by Gasteiger charge is 2.37. The fraction of sp³-hybridized carbons (Fsp3) is 0.391. The van der Waals surface area contributed by atoms with Gasteiger partial charge in [-0.3, -0.25) is 9.59 Å². The van der Waals surface area contributed by atoms with Gasteiger partial charge in [0.25, 0.3) is 0 Å². The Kier molecular flexibility index (Phi) is 7.30. The van der Waals surface area contributed by atoms with Gasteiger partial charge in [-0.25, -0.2) is 0 Å². The summed E-state index contributed by atoms with van der Waals surface area (Å²) in [5.74, 6) is 0.0959. The van der Waals surface area contributed by atoms with Gasteiger partial charge in [-0.2, -0.15) is 0 Å². The van der Waals surface area contributed by atoms with Crippen molar-refractivity contribution >= 4 is 11.8 Å².